The Bertz CT molecular complexity index is 1000. The highest BCUT2D eigenvalue weighted by molar-refractivity contribution is 5.80. The Hall–Kier alpha value is -3.28. The summed E-state index contributed by atoms with van der Waals surface area (Å²) in [6.45, 7) is 0. The zero-order valence-corrected chi connectivity index (χ0v) is 11.4. The summed E-state index contributed by atoms with van der Waals surface area (Å²) < 4.78 is 0. The Morgan fingerprint density at radius 3 is 2.73 bits per heavy atom. The van der Waals surface area contributed by atoms with E-state index in [9.17, 15) is 4.79 Å². The molecule has 0 fully saturated rings. The first-order chi connectivity index (χ1) is 10.8. The molecule has 0 radical (unpaired) electrons. The number of hydrogen-bond donors (Lipinski definition) is 2. The highest BCUT2D eigenvalue weighted by Crippen LogP contribution is 2.27. The van der Waals surface area contributed by atoms with E-state index < -0.39 is 0 Å². The van der Waals surface area contributed by atoms with Crippen LogP contribution >= 0.6 is 0 Å². The molecule has 2 N–H and O–H groups in total. The Kier molecular flexibility index (Phi) is 2.79. The van der Waals surface area contributed by atoms with Crippen LogP contribution in [0.3, 0.4) is 0 Å². The van der Waals surface area contributed by atoms with Crippen molar-refractivity contribution < 1.29 is 0 Å². The lowest BCUT2D eigenvalue weighted by molar-refractivity contribution is 1.10. The quantitative estimate of drug-likeness (QED) is 0.593. The molecule has 22 heavy (non-hydrogen) atoms. The van der Waals surface area contributed by atoms with Crippen molar-refractivity contribution in [1.29, 1.82) is 0 Å². The second kappa shape index (κ2) is 4.92. The molecule has 3 heterocycles. The molecule has 6 heteroatoms. The number of nitrogens with one attached hydrogen (secondary N) is 2. The molecule has 106 valence electrons. The highest BCUT2D eigenvalue weighted by atomic mass is 16.1. The lowest BCUT2D eigenvalue weighted by Gasteiger charge is -2.04. The van der Waals surface area contributed by atoms with Crippen molar-refractivity contribution in [2.75, 3.05) is 0 Å². The van der Waals surface area contributed by atoms with Gasteiger partial charge in [-0.15, -0.1) is 0 Å². The molecule has 0 aliphatic carbocycles. The van der Waals surface area contributed by atoms with E-state index >= 15 is 0 Å². The van der Waals surface area contributed by atoms with E-state index in [0.717, 1.165) is 16.8 Å². The number of H-pyrrole nitrogens is 2. The van der Waals surface area contributed by atoms with Gasteiger partial charge in [-0.3, -0.25) is 9.89 Å². The topological polar surface area (TPSA) is 87.3 Å². The zero-order chi connectivity index (χ0) is 14.9. The van der Waals surface area contributed by atoms with E-state index in [1.54, 1.807) is 24.5 Å². The molecule has 1 aromatic carbocycles. The summed E-state index contributed by atoms with van der Waals surface area (Å²) in [6.07, 6.45) is 3.27. The van der Waals surface area contributed by atoms with Crippen LogP contribution in [0.4, 0.5) is 0 Å². The first-order valence-electron chi connectivity index (χ1n) is 6.77. The number of hydrogen-bond acceptors (Lipinski definition) is 4. The molecule has 3 aromatic heterocycles. The number of pyridine rings is 1. The smallest absolute Gasteiger partial charge is 0.260 e. The molecule has 0 aliphatic rings. The van der Waals surface area contributed by atoms with E-state index in [2.05, 4.69) is 25.1 Å². The van der Waals surface area contributed by atoms with Gasteiger partial charge in [-0.25, -0.2) is 9.97 Å². The van der Waals surface area contributed by atoms with Crippen LogP contribution in [0, 0.1) is 0 Å². The van der Waals surface area contributed by atoms with Gasteiger partial charge in [0.15, 0.2) is 5.65 Å². The molecule has 0 amide bonds. The number of aromatic nitrogens is 5. The van der Waals surface area contributed by atoms with Gasteiger partial charge in [0.05, 0.1) is 22.8 Å². The minimum Gasteiger partial charge on any atom is -0.306 e. The van der Waals surface area contributed by atoms with Gasteiger partial charge in [0.1, 0.15) is 5.82 Å². The SMILES string of the molecule is O=c1[nH]c(-c2cn[nH]c2-c2ccccc2)nc2ncccc12. The third kappa shape index (κ3) is 1.98. The highest BCUT2D eigenvalue weighted by Gasteiger charge is 2.13. The largest absolute Gasteiger partial charge is 0.306 e. The van der Waals surface area contributed by atoms with Crippen molar-refractivity contribution in [1.82, 2.24) is 25.1 Å². The van der Waals surface area contributed by atoms with Crippen LogP contribution in [0.2, 0.25) is 0 Å². The van der Waals surface area contributed by atoms with Gasteiger partial charge in [-0.05, 0) is 12.1 Å². The summed E-state index contributed by atoms with van der Waals surface area (Å²) in [7, 11) is 0. The first-order valence-corrected chi connectivity index (χ1v) is 6.77. The fraction of sp³-hybridized carbons (Fsp3) is 0. The maximum absolute atomic E-state index is 12.2. The number of rotatable bonds is 2. The lowest BCUT2D eigenvalue weighted by Crippen LogP contribution is -2.10. The second-order valence-corrected chi connectivity index (χ2v) is 4.81. The fourth-order valence-electron chi connectivity index (χ4n) is 2.39. The van der Waals surface area contributed by atoms with Gasteiger partial charge in [-0.1, -0.05) is 30.3 Å². The summed E-state index contributed by atoms with van der Waals surface area (Å²) in [5.74, 6) is 0.448. The van der Waals surface area contributed by atoms with Gasteiger partial charge in [-0.2, -0.15) is 5.10 Å². The zero-order valence-electron chi connectivity index (χ0n) is 11.4. The van der Waals surface area contributed by atoms with Gasteiger partial charge >= 0.3 is 0 Å². The van der Waals surface area contributed by atoms with Crippen molar-refractivity contribution in [3.63, 3.8) is 0 Å². The minimum absolute atomic E-state index is 0.215. The summed E-state index contributed by atoms with van der Waals surface area (Å²) in [5.41, 5.74) is 2.71. The third-order valence-electron chi connectivity index (χ3n) is 3.44. The summed E-state index contributed by atoms with van der Waals surface area (Å²) in [5, 5.41) is 7.50. The first kappa shape index (κ1) is 12.5. The van der Waals surface area contributed by atoms with Crippen LogP contribution < -0.4 is 5.56 Å². The number of fused-ring (bicyclic) bond motifs is 1. The van der Waals surface area contributed by atoms with Crippen molar-refractivity contribution in [2.45, 2.75) is 0 Å². The van der Waals surface area contributed by atoms with Crippen LogP contribution in [0.15, 0.2) is 59.7 Å². The number of aromatic amines is 2. The maximum atomic E-state index is 12.2. The predicted molar refractivity (Wildman–Crippen MR) is 83.2 cm³/mol. The third-order valence-corrected chi connectivity index (χ3v) is 3.44. The molecule has 0 spiro atoms. The van der Waals surface area contributed by atoms with Gasteiger partial charge in [0.25, 0.3) is 5.56 Å². The van der Waals surface area contributed by atoms with Crippen LogP contribution in [-0.2, 0) is 0 Å². The summed E-state index contributed by atoms with van der Waals surface area (Å²) in [6, 6.07) is 13.2. The van der Waals surface area contributed by atoms with Crippen LogP contribution in [0.1, 0.15) is 0 Å². The standard InChI is InChI=1S/C16H11N5O/c22-16-11-7-4-8-17-14(11)19-15(20-16)12-9-18-21-13(12)10-5-2-1-3-6-10/h1-9H,(H,18,21)(H,17,19,20,22). The Morgan fingerprint density at radius 2 is 1.86 bits per heavy atom. The van der Waals surface area contributed by atoms with Gasteiger partial charge in [0.2, 0.25) is 0 Å². The normalized spacial score (nSPS) is 10.9. The summed E-state index contributed by atoms with van der Waals surface area (Å²) in [4.78, 5) is 23.6. The molecule has 0 saturated carbocycles. The molecular formula is C16H11N5O. The summed E-state index contributed by atoms with van der Waals surface area (Å²) >= 11 is 0. The molecule has 0 unspecified atom stereocenters. The van der Waals surface area contributed by atoms with E-state index in [-0.39, 0.29) is 5.56 Å². The molecule has 0 atom stereocenters. The maximum Gasteiger partial charge on any atom is 0.260 e. The van der Waals surface area contributed by atoms with E-state index in [1.807, 2.05) is 30.3 Å². The van der Waals surface area contributed by atoms with Crippen molar-refractivity contribution in [2.24, 2.45) is 0 Å². The number of benzene rings is 1. The Balaban J connectivity index is 1.94. The van der Waals surface area contributed by atoms with Gasteiger partial charge < -0.3 is 4.98 Å². The average molecular weight is 289 g/mol. The monoisotopic (exact) mass is 289 g/mol. The van der Waals surface area contributed by atoms with Crippen molar-refractivity contribution in [3.8, 4) is 22.6 Å². The fourth-order valence-corrected chi connectivity index (χ4v) is 2.39. The van der Waals surface area contributed by atoms with Crippen LogP contribution in [0.5, 0.6) is 0 Å². The molecule has 0 aliphatic heterocycles. The Morgan fingerprint density at radius 1 is 1.00 bits per heavy atom. The van der Waals surface area contributed by atoms with Crippen LogP contribution in [-0.4, -0.2) is 25.1 Å². The molecule has 4 aromatic rings. The lowest BCUT2D eigenvalue weighted by atomic mass is 10.1. The predicted octanol–water partition coefficient (Wildman–Crippen LogP) is 2.38. The van der Waals surface area contributed by atoms with Gasteiger partial charge in [0, 0.05) is 11.8 Å². The van der Waals surface area contributed by atoms with E-state index in [0.29, 0.717) is 16.9 Å². The number of nitrogens with zero attached hydrogens (tertiary/aromatic N) is 3. The van der Waals surface area contributed by atoms with E-state index in [4.69, 9.17) is 0 Å². The average Bonchev–Trinajstić information content (AvgIpc) is 3.05. The second-order valence-electron chi connectivity index (χ2n) is 4.81. The van der Waals surface area contributed by atoms with E-state index in [1.165, 1.54) is 0 Å². The van der Waals surface area contributed by atoms with Crippen LogP contribution in [0.25, 0.3) is 33.7 Å². The molecular weight excluding hydrogens is 278 g/mol. The van der Waals surface area contributed by atoms with Crippen molar-refractivity contribution in [3.05, 3.63) is 65.2 Å². The molecule has 0 bridgehead atoms. The molecule has 4 rings (SSSR count). The molecule has 0 saturated heterocycles. The van der Waals surface area contributed by atoms with Crippen molar-refractivity contribution >= 4 is 11.0 Å². The molecule has 6 nitrogen and oxygen atoms in total. The minimum atomic E-state index is -0.215. The Labute approximate surface area is 124 Å².